The molecular weight excluding hydrogens is 316 g/mol. The molecule has 1 aromatic heterocycles. The second-order valence-corrected chi connectivity index (χ2v) is 5.46. The molecule has 1 heterocycles. The third kappa shape index (κ3) is 3.74. The van der Waals surface area contributed by atoms with Gasteiger partial charge in [0, 0.05) is 17.2 Å². The van der Waals surface area contributed by atoms with Gasteiger partial charge in [-0.05, 0) is 52.0 Å². The first-order valence-electron chi connectivity index (χ1n) is 7.63. The minimum atomic E-state index is -0.399. The number of hydrogen-bond donors (Lipinski definition) is 0. The Balaban J connectivity index is 2.59. The fraction of sp³-hybridized carbons (Fsp3) is 0.412. The Morgan fingerprint density at radius 2 is 1.91 bits per heavy atom. The number of nitrogens with zero attached hydrogens (tertiary/aromatic N) is 2. The van der Waals surface area contributed by atoms with Crippen LogP contribution in [0, 0.1) is 6.92 Å². The van der Waals surface area contributed by atoms with Gasteiger partial charge in [-0.1, -0.05) is 11.6 Å². The highest BCUT2D eigenvalue weighted by Gasteiger charge is 2.25. The number of benzene rings is 1. The molecule has 0 aliphatic rings. The number of imidazole rings is 1. The summed E-state index contributed by atoms with van der Waals surface area (Å²) in [6, 6.07) is 7.32. The molecule has 5 nitrogen and oxygen atoms in total. The Labute approximate surface area is 141 Å². The summed E-state index contributed by atoms with van der Waals surface area (Å²) in [6.45, 7) is 8.20. The van der Waals surface area contributed by atoms with Gasteiger partial charge in [-0.15, -0.1) is 0 Å². The van der Waals surface area contributed by atoms with Gasteiger partial charge in [-0.2, -0.15) is 0 Å². The lowest BCUT2D eigenvalue weighted by Gasteiger charge is -2.19. The molecule has 0 saturated heterocycles. The molecule has 1 aromatic carbocycles. The first kappa shape index (κ1) is 17.5. The highest BCUT2D eigenvalue weighted by atomic mass is 35.5. The van der Waals surface area contributed by atoms with Crippen molar-refractivity contribution in [3.8, 4) is 11.4 Å². The first-order valence-corrected chi connectivity index (χ1v) is 8.00. The van der Waals surface area contributed by atoms with Crippen LogP contribution in [0.4, 0.5) is 0 Å². The van der Waals surface area contributed by atoms with Crippen LogP contribution in [-0.2, 0) is 9.47 Å². The molecule has 0 amide bonds. The summed E-state index contributed by atoms with van der Waals surface area (Å²) in [7, 11) is 0. The van der Waals surface area contributed by atoms with Crippen LogP contribution in [0.5, 0.6) is 0 Å². The predicted octanol–water partition coefficient (Wildman–Crippen LogP) is 4.24. The summed E-state index contributed by atoms with van der Waals surface area (Å²) >= 11 is 5.95. The number of halogens is 1. The Bertz CT molecular complexity index is 680. The van der Waals surface area contributed by atoms with E-state index in [-0.39, 0.29) is 6.23 Å². The molecule has 0 aliphatic carbocycles. The Morgan fingerprint density at radius 1 is 1.26 bits per heavy atom. The van der Waals surface area contributed by atoms with Crippen molar-refractivity contribution in [1.82, 2.24) is 9.55 Å². The van der Waals surface area contributed by atoms with Gasteiger partial charge < -0.3 is 9.47 Å². The van der Waals surface area contributed by atoms with Crippen molar-refractivity contribution >= 4 is 17.6 Å². The number of carbonyl (C=O) groups excluding carboxylic acids is 1. The first-order chi connectivity index (χ1) is 11.0. The van der Waals surface area contributed by atoms with Crippen LogP contribution in [0.15, 0.2) is 24.3 Å². The Morgan fingerprint density at radius 3 is 2.48 bits per heavy atom. The summed E-state index contributed by atoms with van der Waals surface area (Å²) in [6.07, 6.45) is -0.341. The van der Waals surface area contributed by atoms with Crippen LogP contribution < -0.4 is 0 Å². The summed E-state index contributed by atoms with van der Waals surface area (Å²) < 4.78 is 12.6. The number of carbonyl (C=O) groups is 1. The highest BCUT2D eigenvalue weighted by molar-refractivity contribution is 6.30. The molecular formula is C17H21ClN2O3. The molecule has 0 saturated carbocycles. The van der Waals surface area contributed by atoms with E-state index in [4.69, 9.17) is 21.1 Å². The Kier molecular flexibility index (Phi) is 5.80. The SMILES string of the molecule is CCOC(=O)c1c(C)nc(-c2ccc(Cl)cc2)n1C(C)OCC. The average molecular weight is 337 g/mol. The van der Waals surface area contributed by atoms with Crippen molar-refractivity contribution in [1.29, 1.82) is 0 Å². The van der Waals surface area contributed by atoms with Gasteiger partial charge in [-0.25, -0.2) is 9.78 Å². The normalized spacial score (nSPS) is 12.2. The number of esters is 1. The molecule has 0 fully saturated rings. The monoisotopic (exact) mass is 336 g/mol. The summed E-state index contributed by atoms with van der Waals surface area (Å²) in [4.78, 5) is 16.9. The summed E-state index contributed by atoms with van der Waals surface area (Å²) in [5.41, 5.74) is 1.89. The van der Waals surface area contributed by atoms with Crippen molar-refractivity contribution < 1.29 is 14.3 Å². The third-order valence-electron chi connectivity index (χ3n) is 3.43. The van der Waals surface area contributed by atoms with Crippen LogP contribution in [0.25, 0.3) is 11.4 Å². The molecule has 2 aromatic rings. The number of aromatic nitrogens is 2. The van der Waals surface area contributed by atoms with Crippen molar-refractivity contribution in [3.63, 3.8) is 0 Å². The van der Waals surface area contributed by atoms with Crippen LogP contribution in [0.1, 0.15) is 43.2 Å². The zero-order valence-corrected chi connectivity index (χ0v) is 14.6. The minimum absolute atomic E-state index is 0.308. The second kappa shape index (κ2) is 7.62. The lowest BCUT2D eigenvalue weighted by atomic mass is 10.2. The number of rotatable bonds is 6. The van der Waals surface area contributed by atoms with Gasteiger partial charge in [0.25, 0.3) is 0 Å². The van der Waals surface area contributed by atoms with Crippen LogP contribution in [-0.4, -0.2) is 28.7 Å². The van der Waals surface area contributed by atoms with Crippen LogP contribution in [0.2, 0.25) is 5.02 Å². The second-order valence-electron chi connectivity index (χ2n) is 5.02. The van der Waals surface area contributed by atoms with Crippen molar-refractivity contribution in [2.75, 3.05) is 13.2 Å². The van der Waals surface area contributed by atoms with Gasteiger partial charge in [0.1, 0.15) is 12.1 Å². The maximum Gasteiger partial charge on any atom is 0.356 e. The predicted molar refractivity (Wildman–Crippen MR) is 89.7 cm³/mol. The topological polar surface area (TPSA) is 53.3 Å². The van der Waals surface area contributed by atoms with E-state index < -0.39 is 5.97 Å². The van der Waals surface area contributed by atoms with Gasteiger partial charge >= 0.3 is 5.97 Å². The maximum atomic E-state index is 12.3. The van der Waals surface area contributed by atoms with Gasteiger partial charge in [0.05, 0.1) is 12.3 Å². The minimum Gasteiger partial charge on any atom is -0.461 e. The van der Waals surface area contributed by atoms with Crippen molar-refractivity contribution in [3.05, 3.63) is 40.7 Å². The van der Waals surface area contributed by atoms with E-state index in [0.717, 1.165) is 5.56 Å². The molecule has 0 spiro atoms. The standard InChI is InChI=1S/C17H21ClN2O3/c1-5-22-12(4)20-15(17(21)23-6-2)11(3)19-16(20)13-7-9-14(18)10-8-13/h7-10,12H,5-6H2,1-4H3. The van der Waals surface area contributed by atoms with Crippen LogP contribution >= 0.6 is 11.6 Å². The fourth-order valence-corrected chi connectivity index (χ4v) is 2.59. The average Bonchev–Trinajstić information content (AvgIpc) is 2.86. The highest BCUT2D eigenvalue weighted by Crippen LogP contribution is 2.28. The molecule has 124 valence electrons. The van der Waals surface area contributed by atoms with Gasteiger partial charge in [0.2, 0.25) is 0 Å². The number of aryl methyl sites for hydroxylation is 1. The molecule has 23 heavy (non-hydrogen) atoms. The summed E-state index contributed by atoms with van der Waals surface area (Å²) in [5, 5.41) is 0.645. The molecule has 0 bridgehead atoms. The lowest BCUT2D eigenvalue weighted by molar-refractivity contribution is 0.0195. The zero-order chi connectivity index (χ0) is 17.0. The van der Waals surface area contributed by atoms with Crippen molar-refractivity contribution in [2.45, 2.75) is 33.9 Å². The number of ether oxygens (including phenoxy) is 2. The van der Waals surface area contributed by atoms with E-state index in [2.05, 4.69) is 4.98 Å². The molecule has 1 unspecified atom stereocenters. The fourth-order valence-electron chi connectivity index (χ4n) is 2.46. The molecule has 6 heteroatoms. The number of hydrogen-bond acceptors (Lipinski definition) is 4. The zero-order valence-electron chi connectivity index (χ0n) is 13.8. The lowest BCUT2D eigenvalue weighted by Crippen LogP contribution is -2.19. The van der Waals surface area contributed by atoms with E-state index in [9.17, 15) is 4.79 Å². The molecule has 1 atom stereocenters. The van der Waals surface area contributed by atoms with E-state index in [1.54, 1.807) is 30.5 Å². The molecule has 0 radical (unpaired) electrons. The molecule has 2 rings (SSSR count). The van der Waals surface area contributed by atoms with E-state index in [1.807, 2.05) is 26.0 Å². The van der Waals surface area contributed by atoms with Crippen molar-refractivity contribution in [2.24, 2.45) is 0 Å². The van der Waals surface area contributed by atoms with E-state index in [0.29, 0.717) is 35.4 Å². The van der Waals surface area contributed by atoms with E-state index in [1.165, 1.54) is 0 Å². The maximum absolute atomic E-state index is 12.3. The van der Waals surface area contributed by atoms with Gasteiger partial charge in [0.15, 0.2) is 5.69 Å². The Hall–Kier alpha value is -1.85. The quantitative estimate of drug-likeness (QED) is 0.740. The smallest absolute Gasteiger partial charge is 0.356 e. The van der Waals surface area contributed by atoms with Gasteiger partial charge in [-0.3, -0.25) is 4.57 Å². The van der Waals surface area contributed by atoms with E-state index >= 15 is 0 Å². The molecule has 0 N–H and O–H groups in total. The third-order valence-corrected chi connectivity index (χ3v) is 3.68. The van der Waals surface area contributed by atoms with Crippen LogP contribution in [0.3, 0.4) is 0 Å². The molecule has 0 aliphatic heterocycles. The largest absolute Gasteiger partial charge is 0.461 e. The summed E-state index contributed by atoms with van der Waals surface area (Å²) in [5.74, 6) is 0.257.